The fourth-order valence-corrected chi connectivity index (χ4v) is 1.67. The first-order chi connectivity index (χ1) is 10.1. The first-order valence-electron chi connectivity index (χ1n) is 6.08. The summed E-state index contributed by atoms with van der Waals surface area (Å²) >= 11 is 0. The predicted molar refractivity (Wildman–Crippen MR) is 73.0 cm³/mol. The maximum atomic E-state index is 13.0. The molecule has 0 unspecified atom stereocenters. The van der Waals surface area contributed by atoms with Crippen LogP contribution < -0.4 is 15.4 Å². The molecule has 110 valence electrons. The third kappa shape index (κ3) is 3.88. The number of nitrogens with zero attached hydrogens (tertiary/aromatic N) is 1. The van der Waals surface area contributed by atoms with Crippen molar-refractivity contribution < 1.29 is 18.3 Å². The van der Waals surface area contributed by atoms with E-state index in [1.807, 2.05) is 0 Å². The van der Waals surface area contributed by atoms with Crippen molar-refractivity contribution in [1.82, 2.24) is 10.3 Å². The zero-order valence-electron chi connectivity index (χ0n) is 11.2. The minimum absolute atomic E-state index is 0.157. The molecule has 1 aromatic heterocycles. The van der Waals surface area contributed by atoms with Crippen molar-refractivity contribution >= 4 is 11.7 Å². The van der Waals surface area contributed by atoms with Crippen molar-refractivity contribution in [3.8, 4) is 5.88 Å². The van der Waals surface area contributed by atoms with Crippen LogP contribution in [-0.4, -0.2) is 18.1 Å². The number of carbonyl (C=O) groups excluding carboxylic acids is 1. The number of anilines is 1. The van der Waals surface area contributed by atoms with Crippen LogP contribution in [0.4, 0.5) is 19.3 Å². The van der Waals surface area contributed by atoms with E-state index in [9.17, 15) is 13.6 Å². The molecule has 1 heterocycles. The fourth-order valence-electron chi connectivity index (χ4n) is 1.67. The van der Waals surface area contributed by atoms with Crippen LogP contribution in [-0.2, 0) is 6.54 Å². The van der Waals surface area contributed by atoms with Crippen molar-refractivity contribution in [2.45, 2.75) is 6.54 Å². The van der Waals surface area contributed by atoms with E-state index in [2.05, 4.69) is 15.6 Å². The highest BCUT2D eigenvalue weighted by Crippen LogP contribution is 2.14. The van der Waals surface area contributed by atoms with Crippen LogP contribution in [0.5, 0.6) is 5.88 Å². The van der Waals surface area contributed by atoms with Crippen LogP contribution in [0, 0.1) is 11.6 Å². The van der Waals surface area contributed by atoms with Gasteiger partial charge in [0.1, 0.15) is 0 Å². The number of halogens is 2. The lowest BCUT2D eigenvalue weighted by atomic mass is 10.2. The van der Waals surface area contributed by atoms with Gasteiger partial charge in [-0.3, -0.25) is 0 Å². The van der Waals surface area contributed by atoms with E-state index < -0.39 is 17.7 Å². The molecule has 0 spiro atoms. The highest BCUT2D eigenvalue weighted by molar-refractivity contribution is 5.89. The van der Waals surface area contributed by atoms with E-state index >= 15 is 0 Å². The SMILES string of the molecule is COc1ncccc1CNC(=O)Nc1ccc(F)c(F)c1. The minimum Gasteiger partial charge on any atom is -0.481 e. The monoisotopic (exact) mass is 293 g/mol. The number of ether oxygens (including phenoxy) is 1. The van der Waals surface area contributed by atoms with Crippen LogP contribution in [0.25, 0.3) is 0 Å². The molecule has 0 atom stereocenters. The molecule has 2 rings (SSSR count). The molecule has 0 saturated carbocycles. The van der Waals surface area contributed by atoms with Gasteiger partial charge in [-0.15, -0.1) is 0 Å². The van der Waals surface area contributed by atoms with Crippen LogP contribution >= 0.6 is 0 Å². The molecule has 1 aromatic carbocycles. The number of amides is 2. The molecule has 0 radical (unpaired) electrons. The molecular formula is C14H13F2N3O2. The summed E-state index contributed by atoms with van der Waals surface area (Å²) < 4.78 is 30.8. The third-order valence-corrected chi connectivity index (χ3v) is 2.66. The largest absolute Gasteiger partial charge is 0.481 e. The van der Waals surface area contributed by atoms with Crippen LogP contribution in [0.1, 0.15) is 5.56 Å². The third-order valence-electron chi connectivity index (χ3n) is 2.66. The van der Waals surface area contributed by atoms with E-state index in [4.69, 9.17) is 4.74 Å². The number of hydrogen-bond donors (Lipinski definition) is 2. The number of nitrogens with one attached hydrogen (secondary N) is 2. The first kappa shape index (κ1) is 14.7. The number of carbonyl (C=O) groups is 1. The van der Waals surface area contributed by atoms with Crippen molar-refractivity contribution in [3.05, 3.63) is 53.7 Å². The summed E-state index contributed by atoms with van der Waals surface area (Å²) in [6, 6.07) is 6.03. The van der Waals surface area contributed by atoms with Gasteiger partial charge in [-0.1, -0.05) is 6.07 Å². The number of methoxy groups -OCH3 is 1. The van der Waals surface area contributed by atoms with Gasteiger partial charge in [0, 0.05) is 30.1 Å². The smallest absolute Gasteiger partial charge is 0.319 e. The Morgan fingerprint density at radius 2 is 2.10 bits per heavy atom. The molecule has 0 saturated heterocycles. The van der Waals surface area contributed by atoms with Gasteiger partial charge in [0.2, 0.25) is 5.88 Å². The molecule has 2 aromatic rings. The molecule has 0 fully saturated rings. The van der Waals surface area contributed by atoms with Gasteiger partial charge in [0.05, 0.1) is 7.11 Å². The second-order valence-corrected chi connectivity index (χ2v) is 4.11. The van der Waals surface area contributed by atoms with E-state index in [0.717, 1.165) is 12.1 Å². The number of pyridine rings is 1. The normalized spacial score (nSPS) is 10.0. The van der Waals surface area contributed by atoms with Crippen LogP contribution in [0.2, 0.25) is 0 Å². The predicted octanol–water partition coefficient (Wildman–Crippen LogP) is 2.69. The Morgan fingerprint density at radius 1 is 1.29 bits per heavy atom. The highest BCUT2D eigenvalue weighted by Gasteiger charge is 2.08. The number of benzene rings is 1. The highest BCUT2D eigenvalue weighted by atomic mass is 19.2. The summed E-state index contributed by atoms with van der Waals surface area (Å²) in [6.07, 6.45) is 1.57. The number of rotatable bonds is 4. The fraction of sp³-hybridized carbons (Fsp3) is 0.143. The first-order valence-corrected chi connectivity index (χ1v) is 6.08. The average molecular weight is 293 g/mol. The Hall–Kier alpha value is -2.70. The van der Waals surface area contributed by atoms with E-state index in [1.165, 1.54) is 13.2 Å². The van der Waals surface area contributed by atoms with Crippen LogP contribution in [0.3, 0.4) is 0 Å². The zero-order chi connectivity index (χ0) is 15.2. The van der Waals surface area contributed by atoms with Gasteiger partial charge >= 0.3 is 6.03 Å². The quantitative estimate of drug-likeness (QED) is 0.911. The number of urea groups is 1. The van der Waals surface area contributed by atoms with Crippen molar-refractivity contribution in [2.24, 2.45) is 0 Å². The number of hydrogen-bond acceptors (Lipinski definition) is 3. The van der Waals surface area contributed by atoms with Crippen molar-refractivity contribution in [3.63, 3.8) is 0 Å². The summed E-state index contributed by atoms with van der Waals surface area (Å²) in [6.45, 7) is 0.187. The lowest BCUT2D eigenvalue weighted by molar-refractivity contribution is 0.251. The maximum Gasteiger partial charge on any atom is 0.319 e. The zero-order valence-corrected chi connectivity index (χ0v) is 11.2. The Morgan fingerprint density at radius 3 is 2.81 bits per heavy atom. The molecule has 0 aliphatic carbocycles. The average Bonchev–Trinajstić information content (AvgIpc) is 2.49. The molecular weight excluding hydrogens is 280 g/mol. The molecule has 5 nitrogen and oxygen atoms in total. The lowest BCUT2D eigenvalue weighted by Crippen LogP contribution is -2.28. The van der Waals surface area contributed by atoms with Gasteiger partial charge in [0.15, 0.2) is 11.6 Å². The molecule has 21 heavy (non-hydrogen) atoms. The Kier molecular flexibility index (Phi) is 4.65. The van der Waals surface area contributed by atoms with Gasteiger partial charge in [-0.25, -0.2) is 18.6 Å². The molecule has 7 heteroatoms. The van der Waals surface area contributed by atoms with Gasteiger partial charge in [0.25, 0.3) is 0 Å². The molecule has 0 aliphatic heterocycles. The van der Waals surface area contributed by atoms with Gasteiger partial charge < -0.3 is 15.4 Å². The Labute approximate surface area is 120 Å². The van der Waals surface area contributed by atoms with E-state index in [1.54, 1.807) is 18.3 Å². The summed E-state index contributed by atoms with van der Waals surface area (Å²) in [7, 11) is 1.48. The standard InChI is InChI=1S/C14H13F2N3O2/c1-21-13-9(3-2-6-17-13)8-18-14(20)19-10-4-5-11(15)12(16)7-10/h2-7H,8H2,1H3,(H2,18,19,20). The summed E-state index contributed by atoms with van der Waals surface area (Å²) in [5.74, 6) is -1.59. The summed E-state index contributed by atoms with van der Waals surface area (Å²) in [4.78, 5) is 15.7. The molecule has 0 bridgehead atoms. The van der Waals surface area contributed by atoms with Gasteiger partial charge in [-0.2, -0.15) is 0 Å². The number of aromatic nitrogens is 1. The summed E-state index contributed by atoms with van der Waals surface area (Å²) in [5, 5.41) is 4.97. The summed E-state index contributed by atoms with van der Waals surface area (Å²) in [5.41, 5.74) is 0.852. The maximum absolute atomic E-state index is 13.0. The Bertz CT molecular complexity index is 650. The second-order valence-electron chi connectivity index (χ2n) is 4.11. The minimum atomic E-state index is -1.03. The van der Waals surface area contributed by atoms with Crippen molar-refractivity contribution in [1.29, 1.82) is 0 Å². The Balaban J connectivity index is 1.94. The molecule has 2 N–H and O–H groups in total. The topological polar surface area (TPSA) is 63.2 Å². The lowest BCUT2D eigenvalue weighted by Gasteiger charge is -2.10. The van der Waals surface area contributed by atoms with Crippen molar-refractivity contribution in [2.75, 3.05) is 12.4 Å². The molecule has 2 amide bonds. The van der Waals surface area contributed by atoms with Crippen LogP contribution in [0.15, 0.2) is 36.5 Å². The van der Waals surface area contributed by atoms with Gasteiger partial charge in [-0.05, 0) is 18.2 Å². The molecule has 0 aliphatic rings. The second kappa shape index (κ2) is 6.65. The van der Waals surface area contributed by atoms with E-state index in [0.29, 0.717) is 11.4 Å². The van der Waals surface area contributed by atoms with E-state index in [-0.39, 0.29) is 12.2 Å².